The first-order valence-corrected chi connectivity index (χ1v) is 17.6. The van der Waals surface area contributed by atoms with E-state index in [2.05, 4.69) is 21.3 Å². The van der Waals surface area contributed by atoms with Gasteiger partial charge in [0.2, 0.25) is 29.5 Å². The maximum absolute atomic E-state index is 12.7. The molecule has 49 heavy (non-hydrogen) atoms. The fourth-order valence-corrected chi connectivity index (χ4v) is 4.83. The van der Waals surface area contributed by atoms with Crippen molar-refractivity contribution in [1.29, 1.82) is 0 Å². The van der Waals surface area contributed by atoms with E-state index in [-0.39, 0.29) is 54.9 Å². The molecule has 0 spiro atoms. The van der Waals surface area contributed by atoms with E-state index >= 15 is 0 Å². The largest absolute Gasteiger partial charge is 0.444 e. The number of carbonyl (C=O) groups excluding carboxylic acids is 7. The van der Waals surface area contributed by atoms with Gasteiger partial charge in [0.1, 0.15) is 12.6 Å². The molecular weight excluding hydrogens is 656 g/mol. The van der Waals surface area contributed by atoms with Crippen LogP contribution in [0.15, 0.2) is 24.3 Å². The number of urea groups is 1. The summed E-state index contributed by atoms with van der Waals surface area (Å²) in [7, 11) is 0. The number of hydrazine groups is 1. The standard InChI is InChI=1S/C26H38N6O7S.C4H10N2O.C2H6/c1-16(2)23(30-20(33)7-5-4-6-12-32-22(35)13-19(40-3)25(32)37)24(36)28-14-21(34)29-18-10-8-17(9-11-18)15-39-26(38)31-27;1-2-3-6-4(5)7;1-2/h8-11,16,19,23H,4-7,12-15,27H2,1-3H3,(H,28,36)(H,29,34)(H,30,33)(H,31,38);2-3H2,1H3,(H3,5,6,7);1-2H3. The number of imide groups is 1. The summed E-state index contributed by atoms with van der Waals surface area (Å²) in [6, 6.07) is 5.31. The lowest BCUT2D eigenvalue weighted by atomic mass is 10.0. The maximum Gasteiger partial charge on any atom is 0.421 e. The zero-order valence-corrected chi connectivity index (χ0v) is 30.2. The highest BCUT2D eigenvalue weighted by molar-refractivity contribution is 8.00. The minimum absolute atomic E-state index is 0.00891. The summed E-state index contributed by atoms with van der Waals surface area (Å²) in [6.07, 6.45) is 4.23. The van der Waals surface area contributed by atoms with E-state index in [4.69, 9.17) is 16.3 Å². The number of unbranched alkanes of at least 4 members (excludes halogenated alkanes) is 2. The van der Waals surface area contributed by atoms with Crippen molar-refractivity contribution in [3.63, 3.8) is 0 Å². The Morgan fingerprint density at radius 3 is 2.16 bits per heavy atom. The molecule has 1 aliphatic heterocycles. The molecule has 1 fully saturated rings. The zero-order chi connectivity index (χ0) is 37.4. The van der Waals surface area contributed by atoms with Crippen LogP contribution in [0.25, 0.3) is 0 Å². The van der Waals surface area contributed by atoms with E-state index in [1.54, 1.807) is 38.1 Å². The van der Waals surface area contributed by atoms with Crippen molar-refractivity contribution >= 4 is 59.1 Å². The lowest BCUT2D eigenvalue weighted by Crippen LogP contribution is -2.51. The Bertz CT molecular complexity index is 1220. The van der Waals surface area contributed by atoms with Crippen LogP contribution in [0.5, 0.6) is 0 Å². The number of ether oxygens (including phenoxy) is 1. The molecule has 0 radical (unpaired) electrons. The highest BCUT2D eigenvalue weighted by Crippen LogP contribution is 2.23. The van der Waals surface area contributed by atoms with Crippen molar-refractivity contribution in [2.45, 2.75) is 91.0 Å². The molecule has 2 atom stereocenters. The summed E-state index contributed by atoms with van der Waals surface area (Å²) in [4.78, 5) is 83.7. The summed E-state index contributed by atoms with van der Waals surface area (Å²) in [6.45, 7) is 10.3. The molecule has 1 aliphatic rings. The fourth-order valence-electron chi connectivity index (χ4n) is 4.19. The lowest BCUT2D eigenvalue weighted by Gasteiger charge is -2.21. The van der Waals surface area contributed by atoms with E-state index in [1.807, 2.05) is 32.5 Å². The van der Waals surface area contributed by atoms with Crippen molar-refractivity contribution in [3.05, 3.63) is 29.8 Å². The molecule has 9 N–H and O–H groups in total. The van der Waals surface area contributed by atoms with Crippen molar-refractivity contribution in [1.82, 2.24) is 26.3 Å². The Balaban J connectivity index is 0.00000227. The number of thioether (sulfide) groups is 1. The molecule has 17 heteroatoms. The van der Waals surface area contributed by atoms with Crippen molar-refractivity contribution < 1.29 is 38.3 Å². The number of benzene rings is 1. The van der Waals surface area contributed by atoms with Crippen LogP contribution >= 0.6 is 11.8 Å². The Hall–Kier alpha value is -4.38. The fraction of sp³-hybridized carbons (Fsp3) is 0.594. The first kappa shape index (κ1) is 44.6. The second-order valence-electron chi connectivity index (χ2n) is 10.9. The Labute approximate surface area is 292 Å². The number of hydrogen-bond acceptors (Lipinski definition) is 10. The second-order valence-corrected chi connectivity index (χ2v) is 11.9. The SMILES string of the molecule is CC.CCCNC(N)=O.CSC1CC(=O)N(CCCCCC(=O)NC(C(=O)NCC(=O)Nc2ccc(COC(=O)NN)cc2)C(C)C)C1=O. The zero-order valence-electron chi connectivity index (χ0n) is 29.4. The molecule has 1 saturated heterocycles. The number of nitrogens with zero attached hydrogens (tertiary/aromatic N) is 1. The summed E-state index contributed by atoms with van der Waals surface area (Å²) >= 11 is 1.38. The first-order valence-electron chi connectivity index (χ1n) is 16.3. The van der Waals surface area contributed by atoms with Crippen LogP contribution in [0.4, 0.5) is 15.3 Å². The maximum atomic E-state index is 12.7. The van der Waals surface area contributed by atoms with Crippen LogP contribution in [0, 0.1) is 5.92 Å². The van der Waals surface area contributed by atoms with Crippen molar-refractivity contribution in [2.75, 3.05) is 31.2 Å². The molecule has 276 valence electrons. The molecule has 2 rings (SSSR count). The van der Waals surface area contributed by atoms with E-state index in [1.165, 1.54) is 16.7 Å². The summed E-state index contributed by atoms with van der Waals surface area (Å²) in [5.74, 6) is 3.22. The molecule has 1 aromatic rings. The average Bonchev–Trinajstić information content (AvgIpc) is 3.36. The Morgan fingerprint density at radius 1 is 1.00 bits per heavy atom. The number of carbonyl (C=O) groups is 7. The number of hydrogen-bond donors (Lipinski definition) is 7. The Morgan fingerprint density at radius 2 is 1.65 bits per heavy atom. The van der Waals surface area contributed by atoms with Gasteiger partial charge >= 0.3 is 12.1 Å². The predicted octanol–water partition coefficient (Wildman–Crippen LogP) is 2.12. The first-order chi connectivity index (χ1) is 23.3. The van der Waals surface area contributed by atoms with Crippen molar-refractivity contribution in [2.24, 2.45) is 17.5 Å². The highest BCUT2D eigenvalue weighted by atomic mass is 32.2. The van der Waals surface area contributed by atoms with Crippen LogP contribution in [0.2, 0.25) is 0 Å². The van der Waals surface area contributed by atoms with Gasteiger partial charge in [-0.05, 0) is 49.1 Å². The van der Waals surface area contributed by atoms with Crippen LogP contribution < -0.4 is 38.3 Å². The summed E-state index contributed by atoms with van der Waals surface area (Å²) < 4.78 is 4.83. The minimum Gasteiger partial charge on any atom is -0.444 e. The van der Waals surface area contributed by atoms with Gasteiger partial charge in [0, 0.05) is 31.6 Å². The van der Waals surface area contributed by atoms with E-state index < -0.39 is 30.0 Å². The number of amides is 8. The van der Waals surface area contributed by atoms with E-state index in [0.29, 0.717) is 43.6 Å². The van der Waals surface area contributed by atoms with E-state index in [9.17, 15) is 33.6 Å². The summed E-state index contributed by atoms with van der Waals surface area (Å²) in [5.41, 5.74) is 7.76. The lowest BCUT2D eigenvalue weighted by molar-refractivity contribution is -0.138. The smallest absolute Gasteiger partial charge is 0.421 e. The average molecular weight is 711 g/mol. The Kier molecular flexibility index (Phi) is 23.3. The normalized spacial score (nSPS) is 14.0. The number of nitrogens with one attached hydrogen (secondary N) is 5. The van der Waals surface area contributed by atoms with Crippen LogP contribution in [0.1, 0.15) is 78.7 Å². The van der Waals surface area contributed by atoms with Crippen LogP contribution in [-0.4, -0.2) is 83.7 Å². The van der Waals surface area contributed by atoms with Gasteiger partial charge in [-0.3, -0.25) is 34.3 Å². The minimum atomic E-state index is -0.811. The van der Waals surface area contributed by atoms with Gasteiger partial charge in [-0.2, -0.15) is 11.8 Å². The molecular formula is C32H54N8O8S. The molecule has 0 saturated carbocycles. The van der Waals surface area contributed by atoms with E-state index in [0.717, 1.165) is 6.42 Å². The third kappa shape index (κ3) is 18.7. The van der Waals surface area contributed by atoms with Gasteiger partial charge in [0.25, 0.3) is 0 Å². The number of rotatable bonds is 17. The van der Waals surface area contributed by atoms with Gasteiger partial charge in [-0.1, -0.05) is 53.2 Å². The monoisotopic (exact) mass is 710 g/mol. The molecule has 2 unspecified atom stereocenters. The highest BCUT2D eigenvalue weighted by Gasteiger charge is 2.37. The van der Waals surface area contributed by atoms with Crippen molar-refractivity contribution in [3.8, 4) is 0 Å². The molecule has 1 aromatic carbocycles. The van der Waals surface area contributed by atoms with Crippen LogP contribution in [-0.2, 0) is 35.3 Å². The topological polar surface area (TPSA) is 244 Å². The van der Waals surface area contributed by atoms with Gasteiger partial charge in [-0.25, -0.2) is 15.4 Å². The second kappa shape index (κ2) is 25.6. The van der Waals surface area contributed by atoms with Gasteiger partial charge in [-0.15, -0.1) is 0 Å². The molecule has 0 aromatic heterocycles. The molecule has 16 nitrogen and oxygen atoms in total. The van der Waals surface area contributed by atoms with Gasteiger partial charge in [0.15, 0.2) is 0 Å². The number of primary amides is 1. The molecule has 0 bridgehead atoms. The third-order valence-corrected chi connectivity index (χ3v) is 7.67. The number of nitrogens with two attached hydrogens (primary N) is 2. The molecule has 1 heterocycles. The van der Waals surface area contributed by atoms with Gasteiger partial charge < -0.3 is 31.7 Å². The number of anilines is 1. The van der Waals surface area contributed by atoms with Gasteiger partial charge in [0.05, 0.1) is 11.8 Å². The molecule has 8 amide bonds. The predicted molar refractivity (Wildman–Crippen MR) is 189 cm³/mol. The quantitative estimate of drug-likeness (QED) is 0.0408. The summed E-state index contributed by atoms with van der Waals surface area (Å²) in [5, 5.41) is 10.1. The number of likely N-dealkylation sites (tertiary alicyclic amines) is 1. The van der Waals surface area contributed by atoms with Crippen LogP contribution in [0.3, 0.4) is 0 Å². The third-order valence-electron chi connectivity index (χ3n) is 6.74. The molecule has 0 aliphatic carbocycles.